The van der Waals surface area contributed by atoms with Gasteiger partial charge in [-0.3, -0.25) is 0 Å². The summed E-state index contributed by atoms with van der Waals surface area (Å²) >= 11 is 0. The minimum absolute atomic E-state index is 0.323. The van der Waals surface area contributed by atoms with E-state index < -0.39 is 15.6 Å². The Hall–Kier alpha value is -1.76. The van der Waals surface area contributed by atoms with Gasteiger partial charge in [-0.1, -0.05) is 31.5 Å². The number of benzene rings is 2. The van der Waals surface area contributed by atoms with Crippen LogP contribution in [0.4, 0.5) is 13.2 Å². The van der Waals surface area contributed by atoms with Gasteiger partial charge in [-0.05, 0) is 71.0 Å². The fraction of sp³-hybridized carbons (Fsp3) is 0.474. The zero-order chi connectivity index (χ0) is 18.7. The zero-order valence-corrected chi connectivity index (χ0v) is 15.1. The number of fused-ring (bicyclic) bond motifs is 5. The largest absolute Gasteiger partial charge is 0.534 e. The predicted octanol–water partition coefficient (Wildman–Crippen LogP) is 5.29. The van der Waals surface area contributed by atoms with Crippen LogP contribution >= 0.6 is 0 Å². The molecular formula is C19H19F3O3S. The molecule has 0 amide bonds. The third-order valence-electron chi connectivity index (χ3n) is 6.03. The smallest absolute Gasteiger partial charge is 0.376 e. The molecule has 0 unspecified atom stereocenters. The second-order valence-corrected chi connectivity index (χ2v) is 9.14. The Bertz CT molecular complexity index is 981. The van der Waals surface area contributed by atoms with E-state index >= 15 is 0 Å². The quantitative estimate of drug-likeness (QED) is 0.522. The Labute approximate surface area is 150 Å². The van der Waals surface area contributed by atoms with E-state index in [1.54, 1.807) is 6.07 Å². The fourth-order valence-corrected chi connectivity index (χ4v) is 5.15. The van der Waals surface area contributed by atoms with Crippen LogP contribution in [0.5, 0.6) is 5.75 Å². The summed E-state index contributed by atoms with van der Waals surface area (Å²) in [7, 11) is -5.66. The maximum Gasteiger partial charge on any atom is 0.534 e. The van der Waals surface area contributed by atoms with Gasteiger partial charge in [-0.25, -0.2) is 0 Å². The van der Waals surface area contributed by atoms with E-state index in [1.807, 2.05) is 12.1 Å². The Morgan fingerprint density at radius 3 is 2.65 bits per heavy atom. The second kappa shape index (κ2) is 5.62. The summed E-state index contributed by atoms with van der Waals surface area (Å²) in [5.41, 5.74) is -2.53. The Balaban J connectivity index is 1.74. The number of hydrogen-bond acceptors (Lipinski definition) is 3. The molecule has 0 aromatic heterocycles. The lowest BCUT2D eigenvalue weighted by Crippen LogP contribution is -2.28. The van der Waals surface area contributed by atoms with Crippen molar-refractivity contribution in [2.45, 2.75) is 50.5 Å². The first-order valence-corrected chi connectivity index (χ1v) is 10.1. The van der Waals surface area contributed by atoms with Crippen LogP contribution < -0.4 is 4.18 Å². The summed E-state index contributed by atoms with van der Waals surface area (Å²) < 4.78 is 64.2. The molecule has 2 aliphatic rings. The third kappa shape index (κ3) is 2.68. The van der Waals surface area contributed by atoms with Gasteiger partial charge in [0.2, 0.25) is 0 Å². The van der Waals surface area contributed by atoms with Gasteiger partial charge >= 0.3 is 15.6 Å². The molecule has 140 valence electrons. The number of rotatable bonds is 2. The van der Waals surface area contributed by atoms with Crippen LogP contribution in [0.2, 0.25) is 0 Å². The average molecular weight is 384 g/mol. The molecule has 2 aromatic carbocycles. The SMILES string of the molecule is C[C@@]12CCC[C@H]1c1ccc3cc(OS(=O)(=O)C(F)(F)F)ccc3c1CC2. The van der Waals surface area contributed by atoms with E-state index in [2.05, 4.69) is 11.1 Å². The number of halogens is 3. The highest BCUT2D eigenvalue weighted by atomic mass is 32.2. The fourth-order valence-electron chi connectivity index (χ4n) is 4.69. The first kappa shape index (κ1) is 17.6. The summed E-state index contributed by atoms with van der Waals surface area (Å²) in [5.74, 6) is 0.202. The van der Waals surface area contributed by atoms with Gasteiger partial charge in [0.05, 0.1) is 0 Å². The Morgan fingerprint density at radius 2 is 1.92 bits per heavy atom. The third-order valence-corrected chi connectivity index (χ3v) is 7.01. The van der Waals surface area contributed by atoms with Crippen molar-refractivity contribution in [1.82, 2.24) is 0 Å². The molecule has 0 N–H and O–H groups in total. The molecule has 3 nitrogen and oxygen atoms in total. The normalized spacial score (nSPS) is 25.8. The lowest BCUT2D eigenvalue weighted by Gasteiger charge is -2.38. The lowest BCUT2D eigenvalue weighted by atomic mass is 9.66. The monoisotopic (exact) mass is 384 g/mol. The maximum absolute atomic E-state index is 12.5. The van der Waals surface area contributed by atoms with Gasteiger partial charge in [0.15, 0.2) is 0 Å². The zero-order valence-electron chi connectivity index (χ0n) is 14.3. The van der Waals surface area contributed by atoms with E-state index in [1.165, 1.54) is 42.5 Å². The van der Waals surface area contributed by atoms with Gasteiger partial charge in [0, 0.05) is 0 Å². The Kier molecular flexibility index (Phi) is 3.81. The second-order valence-electron chi connectivity index (χ2n) is 7.60. The molecule has 1 saturated carbocycles. The topological polar surface area (TPSA) is 43.4 Å². The van der Waals surface area contributed by atoms with Gasteiger partial charge in [0.25, 0.3) is 0 Å². The molecule has 2 atom stereocenters. The molecule has 4 rings (SSSR count). The first-order chi connectivity index (χ1) is 12.1. The maximum atomic E-state index is 12.5. The molecule has 0 spiro atoms. The molecule has 0 saturated heterocycles. The Morgan fingerprint density at radius 1 is 1.15 bits per heavy atom. The van der Waals surface area contributed by atoms with Crippen molar-refractivity contribution < 1.29 is 25.8 Å². The minimum Gasteiger partial charge on any atom is -0.376 e. The van der Waals surface area contributed by atoms with Gasteiger partial charge in [-0.15, -0.1) is 0 Å². The van der Waals surface area contributed by atoms with E-state index in [-0.39, 0.29) is 5.75 Å². The van der Waals surface area contributed by atoms with Crippen LogP contribution in [-0.2, 0) is 16.5 Å². The van der Waals surface area contributed by atoms with Crippen molar-refractivity contribution in [3.8, 4) is 5.75 Å². The highest BCUT2D eigenvalue weighted by Crippen LogP contribution is 2.56. The van der Waals surface area contributed by atoms with Crippen LogP contribution in [0.3, 0.4) is 0 Å². The molecular weight excluding hydrogens is 365 g/mol. The van der Waals surface area contributed by atoms with Crippen molar-refractivity contribution in [1.29, 1.82) is 0 Å². The highest BCUT2D eigenvalue weighted by Gasteiger charge is 2.48. The average Bonchev–Trinajstić information content (AvgIpc) is 2.94. The summed E-state index contributed by atoms with van der Waals surface area (Å²) in [6.45, 7) is 2.34. The molecule has 1 fully saturated rings. The number of alkyl halides is 3. The van der Waals surface area contributed by atoms with Gasteiger partial charge in [0.1, 0.15) is 5.75 Å². The summed E-state index contributed by atoms with van der Waals surface area (Å²) in [6.07, 6.45) is 5.66. The van der Waals surface area contributed by atoms with E-state index in [0.29, 0.717) is 16.7 Å². The van der Waals surface area contributed by atoms with E-state index in [4.69, 9.17) is 0 Å². The van der Waals surface area contributed by atoms with Crippen LogP contribution in [0.15, 0.2) is 30.3 Å². The van der Waals surface area contributed by atoms with Crippen molar-refractivity contribution in [2.75, 3.05) is 0 Å². The summed E-state index contributed by atoms with van der Waals surface area (Å²) in [6, 6.07) is 8.24. The molecule has 2 aliphatic carbocycles. The molecule has 7 heteroatoms. The first-order valence-electron chi connectivity index (χ1n) is 8.67. The number of hydrogen-bond donors (Lipinski definition) is 0. The number of aryl methyl sites for hydroxylation is 1. The molecule has 0 radical (unpaired) electrons. The highest BCUT2D eigenvalue weighted by molar-refractivity contribution is 7.88. The van der Waals surface area contributed by atoms with E-state index in [0.717, 1.165) is 18.2 Å². The van der Waals surface area contributed by atoms with Gasteiger partial charge in [-0.2, -0.15) is 21.6 Å². The van der Waals surface area contributed by atoms with Crippen LogP contribution in [-0.4, -0.2) is 13.9 Å². The standard InChI is InChI=1S/C19H19F3O3S/c1-18-9-2-3-17(18)16-6-4-12-11-13(25-26(23,24)19(20,21)22)5-7-14(12)15(16)8-10-18/h4-7,11,17H,2-3,8-10H2,1H3/t17-,18-/m0/s1. The summed E-state index contributed by atoms with van der Waals surface area (Å²) in [4.78, 5) is 0. The predicted molar refractivity (Wildman–Crippen MR) is 92.6 cm³/mol. The van der Waals surface area contributed by atoms with Crippen LogP contribution in [0, 0.1) is 5.41 Å². The van der Waals surface area contributed by atoms with E-state index in [9.17, 15) is 21.6 Å². The molecule has 0 heterocycles. The van der Waals surface area contributed by atoms with Crippen molar-refractivity contribution in [3.63, 3.8) is 0 Å². The lowest BCUT2D eigenvalue weighted by molar-refractivity contribution is -0.0500. The van der Waals surface area contributed by atoms with Crippen LogP contribution in [0.1, 0.15) is 49.7 Å². The molecule has 0 bridgehead atoms. The van der Waals surface area contributed by atoms with Gasteiger partial charge < -0.3 is 4.18 Å². The van der Waals surface area contributed by atoms with Crippen molar-refractivity contribution in [3.05, 3.63) is 41.5 Å². The van der Waals surface area contributed by atoms with Crippen LogP contribution in [0.25, 0.3) is 10.8 Å². The molecule has 26 heavy (non-hydrogen) atoms. The summed E-state index contributed by atoms with van der Waals surface area (Å²) in [5, 5.41) is 1.66. The van der Waals surface area contributed by atoms with Crippen molar-refractivity contribution >= 4 is 20.9 Å². The van der Waals surface area contributed by atoms with Crippen molar-refractivity contribution in [2.24, 2.45) is 5.41 Å². The minimum atomic E-state index is -5.66. The molecule has 0 aliphatic heterocycles. The molecule has 2 aromatic rings.